The van der Waals surface area contributed by atoms with E-state index < -0.39 is 0 Å². The van der Waals surface area contributed by atoms with Crippen molar-refractivity contribution < 1.29 is 5.21 Å². The maximum atomic E-state index is 8.36. The fourth-order valence-corrected chi connectivity index (χ4v) is 1.62. The average Bonchev–Trinajstić information content (AvgIpc) is 2.30. The highest BCUT2D eigenvalue weighted by molar-refractivity contribution is 5.81. The van der Waals surface area contributed by atoms with Gasteiger partial charge in [0.1, 0.15) is 0 Å². The topological polar surface area (TPSA) is 61.8 Å². The molecule has 4 heteroatoms. The lowest BCUT2D eigenvalue weighted by Gasteiger charge is -2.18. The first kappa shape index (κ1) is 9.32. The number of oxime groups is 1. The van der Waals surface area contributed by atoms with E-state index in [1.807, 2.05) is 0 Å². The smallest absolute Gasteiger partial charge is 0.153 e. The summed E-state index contributed by atoms with van der Waals surface area (Å²) in [5.74, 6) is 0.299. The van der Waals surface area contributed by atoms with E-state index in [4.69, 9.17) is 10.9 Å². The number of rotatable bonds is 2. The Kier molecular flexibility index (Phi) is 2.57. The number of amidine groups is 1. The van der Waals surface area contributed by atoms with Crippen LogP contribution in [-0.2, 0) is 0 Å². The summed E-state index contributed by atoms with van der Waals surface area (Å²) in [5.41, 5.74) is 5.78. The molecule has 70 valence electrons. The van der Waals surface area contributed by atoms with E-state index in [1.165, 1.54) is 6.42 Å². The monoisotopic (exact) mass is 171 g/mol. The number of hydrogen-bond acceptors (Lipinski definition) is 3. The number of hydrogen-bond donors (Lipinski definition) is 2. The molecule has 0 aliphatic carbocycles. The molecule has 0 spiro atoms. The molecule has 0 unspecified atom stereocenters. The number of likely N-dealkylation sites (tertiary alicyclic amines) is 1. The highest BCUT2D eigenvalue weighted by Gasteiger charge is 2.29. The van der Waals surface area contributed by atoms with Gasteiger partial charge in [-0.1, -0.05) is 19.0 Å². The molecule has 4 nitrogen and oxygen atoms in total. The molecule has 3 N–H and O–H groups in total. The zero-order valence-corrected chi connectivity index (χ0v) is 7.75. The van der Waals surface area contributed by atoms with Crippen LogP contribution in [-0.4, -0.2) is 35.6 Å². The van der Waals surface area contributed by atoms with E-state index in [0.29, 0.717) is 17.8 Å². The van der Waals surface area contributed by atoms with Gasteiger partial charge in [-0.05, 0) is 18.4 Å². The van der Waals surface area contributed by atoms with Crippen molar-refractivity contribution in [3.8, 4) is 0 Å². The van der Waals surface area contributed by atoms with Crippen LogP contribution in [0.1, 0.15) is 20.3 Å². The second kappa shape index (κ2) is 3.31. The first-order valence-electron chi connectivity index (χ1n) is 4.22. The third-order valence-corrected chi connectivity index (χ3v) is 2.27. The first-order valence-corrected chi connectivity index (χ1v) is 4.22. The van der Waals surface area contributed by atoms with Crippen molar-refractivity contribution in [3.05, 3.63) is 0 Å². The minimum Gasteiger partial charge on any atom is -0.409 e. The minimum atomic E-state index is 0.299. The Morgan fingerprint density at radius 2 is 2.33 bits per heavy atom. The Morgan fingerprint density at radius 3 is 2.75 bits per heavy atom. The summed E-state index contributed by atoms with van der Waals surface area (Å²) in [6, 6.07) is 0. The van der Waals surface area contributed by atoms with Crippen molar-refractivity contribution >= 4 is 5.84 Å². The minimum absolute atomic E-state index is 0.299. The molecular weight excluding hydrogens is 154 g/mol. The molecule has 0 amide bonds. The molecule has 1 aliphatic heterocycles. The van der Waals surface area contributed by atoms with Crippen LogP contribution in [0.15, 0.2) is 5.16 Å². The van der Waals surface area contributed by atoms with Crippen LogP contribution in [0.25, 0.3) is 0 Å². The molecule has 0 atom stereocenters. The molecular formula is C8H17N3O. The normalized spacial score (nSPS) is 24.7. The summed E-state index contributed by atoms with van der Waals surface area (Å²) < 4.78 is 0. The third kappa shape index (κ3) is 2.37. The van der Waals surface area contributed by atoms with Gasteiger partial charge in [0.25, 0.3) is 0 Å². The third-order valence-electron chi connectivity index (χ3n) is 2.27. The van der Waals surface area contributed by atoms with Gasteiger partial charge in [0, 0.05) is 6.54 Å². The molecule has 12 heavy (non-hydrogen) atoms. The average molecular weight is 171 g/mol. The predicted molar refractivity (Wildman–Crippen MR) is 48.2 cm³/mol. The van der Waals surface area contributed by atoms with Crippen molar-refractivity contribution in [2.75, 3.05) is 19.6 Å². The van der Waals surface area contributed by atoms with Gasteiger partial charge < -0.3 is 10.9 Å². The second-order valence-electron chi connectivity index (χ2n) is 4.22. The van der Waals surface area contributed by atoms with Gasteiger partial charge in [0.2, 0.25) is 0 Å². The molecule has 1 aliphatic rings. The molecule has 0 saturated carbocycles. The first-order chi connectivity index (χ1) is 5.53. The van der Waals surface area contributed by atoms with Gasteiger partial charge in [0.15, 0.2) is 5.84 Å². The maximum Gasteiger partial charge on any atom is 0.153 e. The Labute approximate surface area is 73.0 Å². The van der Waals surface area contributed by atoms with Crippen molar-refractivity contribution in [3.63, 3.8) is 0 Å². The standard InChI is InChI=1S/C8H17N3O/c1-8(2)3-4-11(6-8)5-7(9)10-12/h12H,3-6H2,1-2H3,(H2,9,10). The molecule has 1 heterocycles. The van der Waals surface area contributed by atoms with Crippen LogP contribution < -0.4 is 5.73 Å². The van der Waals surface area contributed by atoms with Crippen molar-refractivity contribution in [1.82, 2.24) is 4.90 Å². The summed E-state index contributed by atoms with van der Waals surface area (Å²) in [4.78, 5) is 2.20. The molecule has 0 aromatic rings. The Morgan fingerprint density at radius 1 is 1.67 bits per heavy atom. The van der Waals surface area contributed by atoms with E-state index in [-0.39, 0.29) is 0 Å². The Hall–Kier alpha value is -0.770. The van der Waals surface area contributed by atoms with Gasteiger partial charge in [0.05, 0.1) is 6.54 Å². The summed E-state index contributed by atoms with van der Waals surface area (Å²) >= 11 is 0. The van der Waals surface area contributed by atoms with E-state index in [9.17, 15) is 0 Å². The van der Waals surface area contributed by atoms with Gasteiger partial charge >= 0.3 is 0 Å². The SMILES string of the molecule is CC1(C)CCN(CC(N)=NO)C1. The Balaban J connectivity index is 2.38. The lowest BCUT2D eigenvalue weighted by Crippen LogP contribution is -2.33. The molecule has 0 radical (unpaired) electrons. The Bertz CT molecular complexity index is 189. The van der Waals surface area contributed by atoms with E-state index >= 15 is 0 Å². The van der Waals surface area contributed by atoms with Crippen LogP contribution in [0.3, 0.4) is 0 Å². The fourth-order valence-electron chi connectivity index (χ4n) is 1.62. The van der Waals surface area contributed by atoms with E-state index in [2.05, 4.69) is 23.9 Å². The second-order valence-corrected chi connectivity index (χ2v) is 4.22. The largest absolute Gasteiger partial charge is 0.409 e. The van der Waals surface area contributed by atoms with Crippen LogP contribution in [0.2, 0.25) is 0 Å². The molecule has 1 saturated heterocycles. The fraction of sp³-hybridized carbons (Fsp3) is 0.875. The molecule has 1 fully saturated rings. The van der Waals surface area contributed by atoms with Gasteiger partial charge in [-0.3, -0.25) is 4.90 Å². The predicted octanol–water partition coefficient (Wildman–Crippen LogP) is 0.465. The van der Waals surface area contributed by atoms with Crippen LogP contribution in [0, 0.1) is 5.41 Å². The molecule has 0 aromatic carbocycles. The lowest BCUT2D eigenvalue weighted by molar-refractivity contribution is 0.298. The highest BCUT2D eigenvalue weighted by Crippen LogP contribution is 2.28. The lowest BCUT2D eigenvalue weighted by atomic mass is 9.93. The zero-order valence-electron chi connectivity index (χ0n) is 7.75. The van der Waals surface area contributed by atoms with Gasteiger partial charge in [-0.25, -0.2) is 0 Å². The van der Waals surface area contributed by atoms with Gasteiger partial charge in [-0.15, -0.1) is 0 Å². The van der Waals surface area contributed by atoms with Crippen molar-refractivity contribution in [1.29, 1.82) is 0 Å². The molecule has 1 rings (SSSR count). The summed E-state index contributed by atoms with van der Waals surface area (Å²) in [5, 5.41) is 11.3. The van der Waals surface area contributed by atoms with E-state index in [1.54, 1.807) is 0 Å². The maximum absolute atomic E-state index is 8.36. The molecule has 0 aromatic heterocycles. The van der Waals surface area contributed by atoms with Crippen molar-refractivity contribution in [2.24, 2.45) is 16.3 Å². The summed E-state index contributed by atoms with van der Waals surface area (Å²) in [7, 11) is 0. The van der Waals surface area contributed by atoms with Crippen LogP contribution in [0.5, 0.6) is 0 Å². The van der Waals surface area contributed by atoms with Crippen molar-refractivity contribution in [2.45, 2.75) is 20.3 Å². The van der Waals surface area contributed by atoms with E-state index in [0.717, 1.165) is 13.1 Å². The summed E-state index contributed by atoms with van der Waals surface area (Å²) in [6.45, 7) is 7.13. The van der Waals surface area contributed by atoms with Gasteiger partial charge in [-0.2, -0.15) is 0 Å². The quantitative estimate of drug-likeness (QED) is 0.275. The highest BCUT2D eigenvalue weighted by atomic mass is 16.4. The molecule has 0 bridgehead atoms. The number of nitrogens with two attached hydrogens (primary N) is 1. The van der Waals surface area contributed by atoms with Crippen LogP contribution >= 0.6 is 0 Å². The summed E-state index contributed by atoms with van der Waals surface area (Å²) in [6.07, 6.45) is 1.19. The zero-order chi connectivity index (χ0) is 9.19. The number of nitrogens with zero attached hydrogens (tertiary/aromatic N) is 2. The van der Waals surface area contributed by atoms with Crippen LogP contribution in [0.4, 0.5) is 0 Å².